The van der Waals surface area contributed by atoms with Crippen molar-refractivity contribution in [3.8, 4) is 0 Å². The molecule has 3 heteroatoms. The number of rotatable bonds is 2. The van der Waals surface area contributed by atoms with E-state index in [1.54, 1.807) is 0 Å². The number of halogens is 1. The number of hydrogen-bond acceptors (Lipinski definition) is 2. The molecule has 1 fully saturated rings. The van der Waals surface area contributed by atoms with E-state index in [0.29, 0.717) is 11.6 Å². The number of aliphatic hydroxyl groups excluding tert-OH is 1. The van der Waals surface area contributed by atoms with Crippen molar-refractivity contribution in [1.82, 2.24) is 0 Å². The Morgan fingerprint density at radius 2 is 2.15 bits per heavy atom. The largest absolute Gasteiger partial charge is 0.398 e. The quantitative estimate of drug-likeness (QED) is 0.782. The molecule has 1 aromatic rings. The molecule has 0 heterocycles. The van der Waals surface area contributed by atoms with Crippen LogP contribution in [0.4, 0.5) is 5.69 Å². The Morgan fingerprint density at radius 1 is 1.46 bits per heavy atom. The molecule has 1 aliphatic carbocycles. The fourth-order valence-electron chi connectivity index (χ4n) is 1.48. The van der Waals surface area contributed by atoms with Gasteiger partial charge in [-0.15, -0.1) is 0 Å². The lowest BCUT2D eigenvalue weighted by atomic mass is 10.0. The molecule has 2 nitrogen and oxygen atoms in total. The standard InChI is InChI=1S/C10H12BrNO/c11-8-3-1-2-7(9(8)12)10(13)6-4-5-6/h1-3,6,10,13H,4-5,12H2. The van der Waals surface area contributed by atoms with Crippen LogP contribution in [-0.4, -0.2) is 5.11 Å². The van der Waals surface area contributed by atoms with Crippen molar-refractivity contribution in [1.29, 1.82) is 0 Å². The van der Waals surface area contributed by atoms with Crippen LogP contribution in [0.1, 0.15) is 24.5 Å². The zero-order chi connectivity index (χ0) is 9.42. The zero-order valence-electron chi connectivity index (χ0n) is 7.20. The number of nitrogens with two attached hydrogens (primary N) is 1. The third-order valence-electron chi connectivity index (χ3n) is 2.47. The molecule has 2 rings (SSSR count). The molecular formula is C10H12BrNO. The molecule has 1 unspecified atom stereocenters. The summed E-state index contributed by atoms with van der Waals surface area (Å²) in [5.74, 6) is 0.427. The maximum atomic E-state index is 9.86. The van der Waals surface area contributed by atoms with Crippen LogP contribution in [0, 0.1) is 5.92 Å². The second kappa shape index (κ2) is 3.31. The molecule has 0 aromatic heterocycles. The van der Waals surface area contributed by atoms with Crippen molar-refractivity contribution >= 4 is 21.6 Å². The van der Waals surface area contributed by atoms with E-state index in [9.17, 15) is 5.11 Å². The Bertz CT molecular complexity index is 323. The molecule has 1 saturated carbocycles. The van der Waals surface area contributed by atoms with Gasteiger partial charge in [-0.3, -0.25) is 0 Å². The van der Waals surface area contributed by atoms with Crippen LogP contribution in [0.5, 0.6) is 0 Å². The zero-order valence-corrected chi connectivity index (χ0v) is 8.79. The second-order valence-corrected chi connectivity index (χ2v) is 4.38. The molecule has 1 atom stereocenters. The predicted octanol–water partition coefficient (Wildman–Crippen LogP) is 2.47. The highest BCUT2D eigenvalue weighted by Gasteiger charge is 2.31. The molecule has 0 saturated heterocycles. The Balaban J connectivity index is 2.32. The first kappa shape index (κ1) is 9.03. The Morgan fingerprint density at radius 3 is 2.77 bits per heavy atom. The van der Waals surface area contributed by atoms with Crippen LogP contribution in [0.15, 0.2) is 22.7 Å². The highest BCUT2D eigenvalue weighted by molar-refractivity contribution is 9.10. The van der Waals surface area contributed by atoms with E-state index in [1.165, 1.54) is 0 Å². The predicted molar refractivity (Wildman–Crippen MR) is 56.2 cm³/mol. The van der Waals surface area contributed by atoms with E-state index in [2.05, 4.69) is 15.9 Å². The molecule has 0 bridgehead atoms. The number of benzene rings is 1. The molecule has 3 N–H and O–H groups in total. The molecule has 1 aliphatic rings. The summed E-state index contributed by atoms with van der Waals surface area (Å²) in [7, 11) is 0. The lowest BCUT2D eigenvalue weighted by Gasteiger charge is -2.13. The van der Waals surface area contributed by atoms with E-state index < -0.39 is 0 Å². The van der Waals surface area contributed by atoms with Gasteiger partial charge in [0, 0.05) is 10.0 Å². The summed E-state index contributed by atoms with van der Waals surface area (Å²) in [6, 6.07) is 5.68. The minimum atomic E-state index is -0.377. The number of anilines is 1. The minimum Gasteiger partial charge on any atom is -0.398 e. The lowest BCUT2D eigenvalue weighted by molar-refractivity contribution is 0.154. The van der Waals surface area contributed by atoms with E-state index in [1.807, 2.05) is 18.2 Å². The second-order valence-electron chi connectivity index (χ2n) is 3.53. The fraction of sp³-hybridized carbons (Fsp3) is 0.400. The Hall–Kier alpha value is -0.540. The third kappa shape index (κ3) is 1.71. The van der Waals surface area contributed by atoms with Gasteiger partial charge in [0.1, 0.15) is 0 Å². The van der Waals surface area contributed by atoms with Crippen LogP contribution in [-0.2, 0) is 0 Å². The SMILES string of the molecule is Nc1c(Br)cccc1C(O)C1CC1. The summed E-state index contributed by atoms with van der Waals surface area (Å²) in [4.78, 5) is 0. The number of hydrogen-bond donors (Lipinski definition) is 2. The van der Waals surface area contributed by atoms with Gasteiger partial charge < -0.3 is 10.8 Å². The van der Waals surface area contributed by atoms with Gasteiger partial charge in [-0.05, 0) is 40.8 Å². The first-order valence-corrected chi connectivity index (χ1v) is 5.21. The summed E-state index contributed by atoms with van der Waals surface area (Å²) < 4.78 is 0.865. The highest BCUT2D eigenvalue weighted by Crippen LogP contribution is 2.43. The topological polar surface area (TPSA) is 46.2 Å². The monoisotopic (exact) mass is 241 g/mol. The van der Waals surface area contributed by atoms with Crippen molar-refractivity contribution in [2.75, 3.05) is 5.73 Å². The van der Waals surface area contributed by atoms with Gasteiger partial charge in [0.15, 0.2) is 0 Å². The summed E-state index contributed by atoms with van der Waals surface area (Å²) in [6.45, 7) is 0. The number of aliphatic hydroxyl groups is 1. The summed E-state index contributed by atoms with van der Waals surface area (Å²) in [5.41, 5.74) is 7.37. The van der Waals surface area contributed by atoms with Crippen LogP contribution < -0.4 is 5.73 Å². The van der Waals surface area contributed by atoms with Gasteiger partial charge in [0.2, 0.25) is 0 Å². The minimum absolute atomic E-state index is 0.377. The van der Waals surface area contributed by atoms with Crippen LogP contribution in [0.3, 0.4) is 0 Å². The van der Waals surface area contributed by atoms with Gasteiger partial charge in [-0.25, -0.2) is 0 Å². The van der Waals surface area contributed by atoms with Crippen LogP contribution in [0.2, 0.25) is 0 Å². The maximum absolute atomic E-state index is 9.86. The molecular weight excluding hydrogens is 230 g/mol. The van der Waals surface area contributed by atoms with Gasteiger partial charge in [0.05, 0.1) is 11.8 Å². The normalized spacial score (nSPS) is 18.6. The van der Waals surface area contributed by atoms with Crippen molar-refractivity contribution in [3.63, 3.8) is 0 Å². The molecule has 0 aliphatic heterocycles. The van der Waals surface area contributed by atoms with Gasteiger partial charge in [-0.2, -0.15) is 0 Å². The van der Waals surface area contributed by atoms with E-state index in [-0.39, 0.29) is 6.10 Å². The van der Waals surface area contributed by atoms with E-state index in [4.69, 9.17) is 5.73 Å². The van der Waals surface area contributed by atoms with Crippen molar-refractivity contribution in [2.24, 2.45) is 5.92 Å². The van der Waals surface area contributed by atoms with Gasteiger partial charge in [0.25, 0.3) is 0 Å². The molecule has 0 radical (unpaired) electrons. The fourth-order valence-corrected chi connectivity index (χ4v) is 1.86. The van der Waals surface area contributed by atoms with Crippen LogP contribution >= 0.6 is 15.9 Å². The van der Waals surface area contributed by atoms with E-state index >= 15 is 0 Å². The third-order valence-corrected chi connectivity index (χ3v) is 3.17. The Kier molecular flexibility index (Phi) is 2.30. The smallest absolute Gasteiger partial charge is 0.0838 e. The Labute approximate surface area is 85.9 Å². The summed E-state index contributed by atoms with van der Waals surface area (Å²) in [5, 5.41) is 9.86. The number of para-hydroxylation sites is 1. The molecule has 13 heavy (non-hydrogen) atoms. The first-order chi connectivity index (χ1) is 6.20. The van der Waals surface area contributed by atoms with E-state index in [0.717, 1.165) is 22.9 Å². The van der Waals surface area contributed by atoms with Gasteiger partial charge >= 0.3 is 0 Å². The first-order valence-electron chi connectivity index (χ1n) is 4.42. The van der Waals surface area contributed by atoms with Crippen LogP contribution in [0.25, 0.3) is 0 Å². The van der Waals surface area contributed by atoms with Gasteiger partial charge in [-0.1, -0.05) is 12.1 Å². The molecule has 70 valence electrons. The average molecular weight is 242 g/mol. The lowest BCUT2D eigenvalue weighted by Crippen LogP contribution is -2.04. The highest BCUT2D eigenvalue weighted by atomic mass is 79.9. The van der Waals surface area contributed by atoms with Crippen molar-refractivity contribution in [2.45, 2.75) is 18.9 Å². The summed E-state index contributed by atoms with van der Waals surface area (Å²) >= 11 is 3.35. The van der Waals surface area contributed by atoms with Crippen molar-refractivity contribution < 1.29 is 5.11 Å². The molecule has 0 spiro atoms. The maximum Gasteiger partial charge on any atom is 0.0838 e. The average Bonchev–Trinajstić information content (AvgIpc) is 2.91. The van der Waals surface area contributed by atoms with Crippen molar-refractivity contribution in [3.05, 3.63) is 28.2 Å². The molecule has 0 amide bonds. The summed E-state index contributed by atoms with van der Waals surface area (Å²) in [6.07, 6.45) is 1.86. The molecule has 1 aromatic carbocycles. The number of nitrogen functional groups attached to an aromatic ring is 1.